The second kappa shape index (κ2) is 10.0. The van der Waals surface area contributed by atoms with Gasteiger partial charge in [-0.05, 0) is 75.4 Å². The van der Waals surface area contributed by atoms with Gasteiger partial charge in [0.25, 0.3) is 0 Å². The van der Waals surface area contributed by atoms with Crippen molar-refractivity contribution in [3.05, 3.63) is 77.7 Å². The number of benzene rings is 1. The highest BCUT2D eigenvalue weighted by molar-refractivity contribution is 5.55. The smallest absolute Gasteiger partial charge is 0.140 e. The molecule has 2 fully saturated rings. The zero-order valence-corrected chi connectivity index (χ0v) is 18.8. The zero-order chi connectivity index (χ0) is 22.5. The highest BCUT2D eigenvalue weighted by Gasteiger charge is 2.28. The largest absolute Gasteiger partial charge is 0.490 e. The van der Waals surface area contributed by atoms with Crippen LogP contribution in [0.4, 0.5) is 11.5 Å². The van der Waals surface area contributed by atoms with E-state index in [1.807, 2.05) is 18.2 Å². The number of hydrogen-bond donors (Lipinski definition) is 1. The fourth-order valence-electron chi connectivity index (χ4n) is 4.89. The van der Waals surface area contributed by atoms with Gasteiger partial charge in [0.15, 0.2) is 0 Å². The predicted molar refractivity (Wildman–Crippen MR) is 128 cm³/mol. The number of nitriles is 1. The summed E-state index contributed by atoms with van der Waals surface area (Å²) in [5, 5.41) is 12.2. The molecule has 1 saturated carbocycles. The third-order valence-electron chi connectivity index (χ3n) is 6.57. The van der Waals surface area contributed by atoms with E-state index in [1.165, 1.54) is 31.2 Å². The molecular weight excluding hydrogens is 410 g/mol. The minimum absolute atomic E-state index is 0.283. The van der Waals surface area contributed by atoms with Crippen molar-refractivity contribution in [3.63, 3.8) is 0 Å². The molecule has 3 aromatic rings. The first kappa shape index (κ1) is 21.4. The molecule has 1 unspecified atom stereocenters. The van der Waals surface area contributed by atoms with E-state index >= 15 is 0 Å². The number of anilines is 2. The average molecular weight is 440 g/mol. The lowest BCUT2D eigenvalue weighted by Gasteiger charge is -2.26. The first-order chi connectivity index (χ1) is 16.3. The van der Waals surface area contributed by atoms with Crippen LogP contribution in [0, 0.1) is 11.3 Å². The number of hydrogen-bond acceptors (Lipinski definition) is 6. The fourth-order valence-corrected chi connectivity index (χ4v) is 4.89. The Kier molecular flexibility index (Phi) is 6.50. The molecule has 0 bridgehead atoms. The second-order valence-corrected chi connectivity index (χ2v) is 8.88. The summed E-state index contributed by atoms with van der Waals surface area (Å²) in [7, 11) is 0. The van der Waals surface area contributed by atoms with E-state index in [0.29, 0.717) is 11.8 Å². The molecule has 0 spiro atoms. The number of para-hydroxylation sites is 1. The van der Waals surface area contributed by atoms with E-state index in [1.54, 1.807) is 12.3 Å². The van der Waals surface area contributed by atoms with Gasteiger partial charge >= 0.3 is 0 Å². The lowest BCUT2D eigenvalue weighted by Crippen LogP contribution is -2.24. The van der Waals surface area contributed by atoms with E-state index in [4.69, 9.17) is 15.0 Å². The third-order valence-corrected chi connectivity index (χ3v) is 6.57. The van der Waals surface area contributed by atoms with Crippen molar-refractivity contribution in [1.82, 2.24) is 14.9 Å². The quantitative estimate of drug-likeness (QED) is 0.505. The Morgan fingerprint density at radius 3 is 2.70 bits per heavy atom. The molecule has 0 radical (unpaired) electrons. The van der Waals surface area contributed by atoms with Crippen molar-refractivity contribution in [2.24, 2.45) is 0 Å². The molecule has 6 heteroatoms. The highest BCUT2D eigenvalue weighted by atomic mass is 16.5. The van der Waals surface area contributed by atoms with Gasteiger partial charge in [-0.3, -0.25) is 4.90 Å². The monoisotopic (exact) mass is 439 g/mol. The fraction of sp³-hybridized carbons (Fsp3) is 0.370. The number of rotatable bonds is 7. The van der Waals surface area contributed by atoms with Crippen LogP contribution in [0.25, 0.3) is 0 Å². The van der Waals surface area contributed by atoms with Crippen LogP contribution >= 0.6 is 0 Å². The highest BCUT2D eigenvalue weighted by Crippen LogP contribution is 2.35. The summed E-state index contributed by atoms with van der Waals surface area (Å²) in [6.45, 7) is 1.92. The number of nitrogens with zero attached hydrogens (tertiary/aromatic N) is 4. The standard InChI is InChI=1S/C27H29N5O/c28-17-21-14-15-22(18-29-21)30-27-13-5-10-24(31-27)25-11-6-16-32(25)19-20-7-1-4-12-26(20)33-23-8-2-3-9-23/h1,4-5,7,10,12-15,18,23,25H,2-3,6,8-9,11,16,19H2,(H,30,31). The van der Waals surface area contributed by atoms with Crippen molar-refractivity contribution in [1.29, 1.82) is 5.26 Å². The molecule has 2 aliphatic rings. The summed E-state index contributed by atoms with van der Waals surface area (Å²) in [4.78, 5) is 11.6. The van der Waals surface area contributed by atoms with Crippen LogP contribution < -0.4 is 10.1 Å². The molecule has 1 aliphatic heterocycles. The van der Waals surface area contributed by atoms with Crippen LogP contribution in [-0.2, 0) is 6.54 Å². The van der Waals surface area contributed by atoms with Crippen molar-refractivity contribution in [2.75, 3.05) is 11.9 Å². The number of nitrogens with one attached hydrogen (secondary N) is 1. The molecule has 1 aromatic carbocycles. The van der Waals surface area contributed by atoms with E-state index in [9.17, 15) is 0 Å². The number of aromatic nitrogens is 2. The maximum Gasteiger partial charge on any atom is 0.140 e. The minimum atomic E-state index is 0.283. The molecule has 6 nitrogen and oxygen atoms in total. The van der Waals surface area contributed by atoms with E-state index in [-0.39, 0.29) is 6.04 Å². The topological polar surface area (TPSA) is 74.1 Å². The SMILES string of the molecule is N#Cc1ccc(Nc2cccc(C3CCCN3Cc3ccccc3OC3CCCC3)n2)cn1. The van der Waals surface area contributed by atoms with Gasteiger partial charge in [0.05, 0.1) is 29.7 Å². The number of likely N-dealkylation sites (tertiary alicyclic amines) is 1. The summed E-state index contributed by atoms with van der Waals surface area (Å²) in [5.41, 5.74) is 3.56. The van der Waals surface area contributed by atoms with Crippen molar-refractivity contribution < 1.29 is 4.74 Å². The predicted octanol–water partition coefficient (Wildman–Crippen LogP) is 5.75. The summed E-state index contributed by atoms with van der Waals surface area (Å²) in [6.07, 6.45) is 9.16. The summed E-state index contributed by atoms with van der Waals surface area (Å²) < 4.78 is 6.38. The van der Waals surface area contributed by atoms with Crippen LogP contribution in [0.2, 0.25) is 0 Å². The van der Waals surface area contributed by atoms with Gasteiger partial charge in [-0.1, -0.05) is 24.3 Å². The summed E-state index contributed by atoms with van der Waals surface area (Å²) >= 11 is 0. The molecule has 1 atom stereocenters. The van der Waals surface area contributed by atoms with Crippen LogP contribution in [0.5, 0.6) is 5.75 Å². The molecule has 33 heavy (non-hydrogen) atoms. The van der Waals surface area contributed by atoms with Gasteiger partial charge in [0.1, 0.15) is 23.3 Å². The van der Waals surface area contributed by atoms with Crippen LogP contribution in [-0.4, -0.2) is 27.5 Å². The molecule has 1 N–H and O–H groups in total. The van der Waals surface area contributed by atoms with Crippen LogP contribution in [0.3, 0.4) is 0 Å². The Bertz CT molecular complexity index is 1120. The van der Waals surface area contributed by atoms with E-state index in [2.05, 4.69) is 51.6 Å². The minimum Gasteiger partial charge on any atom is -0.490 e. The van der Waals surface area contributed by atoms with E-state index < -0.39 is 0 Å². The zero-order valence-electron chi connectivity index (χ0n) is 18.8. The number of ether oxygens (including phenoxy) is 1. The van der Waals surface area contributed by atoms with Gasteiger partial charge in [-0.2, -0.15) is 5.26 Å². The van der Waals surface area contributed by atoms with Crippen molar-refractivity contribution >= 4 is 11.5 Å². The van der Waals surface area contributed by atoms with Gasteiger partial charge in [-0.15, -0.1) is 0 Å². The Balaban J connectivity index is 1.30. The lowest BCUT2D eigenvalue weighted by atomic mass is 10.1. The van der Waals surface area contributed by atoms with Crippen LogP contribution in [0.15, 0.2) is 60.8 Å². The molecule has 1 aliphatic carbocycles. The Hall–Kier alpha value is -3.43. The normalized spacial score (nSPS) is 18.8. The average Bonchev–Trinajstić information content (AvgIpc) is 3.53. The summed E-state index contributed by atoms with van der Waals surface area (Å²) in [5.74, 6) is 1.82. The maximum absolute atomic E-state index is 8.94. The molecule has 3 heterocycles. The van der Waals surface area contributed by atoms with Crippen molar-refractivity contribution in [2.45, 2.75) is 57.2 Å². The second-order valence-electron chi connectivity index (χ2n) is 8.88. The Morgan fingerprint density at radius 1 is 1.00 bits per heavy atom. The lowest BCUT2D eigenvalue weighted by molar-refractivity contribution is 0.198. The molecule has 1 saturated heterocycles. The van der Waals surface area contributed by atoms with Crippen molar-refractivity contribution in [3.8, 4) is 11.8 Å². The van der Waals surface area contributed by atoms with Gasteiger partial charge in [-0.25, -0.2) is 9.97 Å². The number of pyridine rings is 2. The summed E-state index contributed by atoms with van der Waals surface area (Å²) in [6, 6.07) is 20.5. The molecule has 5 rings (SSSR count). The van der Waals surface area contributed by atoms with Gasteiger partial charge in [0, 0.05) is 12.1 Å². The first-order valence-corrected chi connectivity index (χ1v) is 11.9. The Labute approximate surface area is 195 Å². The van der Waals surface area contributed by atoms with Gasteiger partial charge in [0.2, 0.25) is 0 Å². The molecule has 0 amide bonds. The molecule has 2 aromatic heterocycles. The third kappa shape index (κ3) is 5.15. The maximum atomic E-state index is 8.94. The van der Waals surface area contributed by atoms with E-state index in [0.717, 1.165) is 48.9 Å². The molecule has 168 valence electrons. The Morgan fingerprint density at radius 2 is 1.88 bits per heavy atom. The molecular formula is C27H29N5O. The van der Waals surface area contributed by atoms with Gasteiger partial charge < -0.3 is 10.1 Å². The van der Waals surface area contributed by atoms with Crippen LogP contribution in [0.1, 0.15) is 61.5 Å². The first-order valence-electron chi connectivity index (χ1n) is 11.9.